The maximum Gasteiger partial charge on any atom is 0.252 e. The summed E-state index contributed by atoms with van der Waals surface area (Å²) in [4.78, 5) is 14.0. The van der Waals surface area contributed by atoms with E-state index >= 15 is 0 Å². The van der Waals surface area contributed by atoms with Crippen molar-refractivity contribution in [2.45, 2.75) is 37.2 Å². The summed E-state index contributed by atoms with van der Waals surface area (Å²) >= 11 is 1.57. The van der Waals surface area contributed by atoms with Gasteiger partial charge in [-0.25, -0.2) is 13.1 Å². The molecule has 0 radical (unpaired) electrons. The number of thiophene rings is 1. The van der Waals surface area contributed by atoms with Crippen LogP contribution in [-0.4, -0.2) is 20.4 Å². The van der Waals surface area contributed by atoms with Crippen molar-refractivity contribution in [1.29, 1.82) is 0 Å². The maximum absolute atomic E-state index is 12.8. The highest BCUT2D eigenvalue weighted by molar-refractivity contribution is 7.89. The molecule has 0 saturated heterocycles. The van der Waals surface area contributed by atoms with E-state index in [0.29, 0.717) is 12.0 Å². The lowest BCUT2D eigenvalue weighted by atomic mass is 10.0. The Bertz CT molecular complexity index is 1030. The third kappa shape index (κ3) is 5.32. The molecule has 0 saturated carbocycles. The predicted molar refractivity (Wildman–Crippen MR) is 117 cm³/mol. The molecule has 2 unspecified atom stereocenters. The molecule has 0 bridgehead atoms. The number of sulfonamides is 1. The fourth-order valence-electron chi connectivity index (χ4n) is 2.84. The van der Waals surface area contributed by atoms with Gasteiger partial charge in [0, 0.05) is 16.5 Å². The van der Waals surface area contributed by atoms with E-state index in [1.165, 1.54) is 24.3 Å². The van der Waals surface area contributed by atoms with Crippen LogP contribution in [0.4, 0.5) is 0 Å². The maximum atomic E-state index is 12.8. The van der Waals surface area contributed by atoms with Crippen LogP contribution in [0.5, 0.6) is 0 Å². The van der Waals surface area contributed by atoms with Crippen LogP contribution < -0.4 is 10.0 Å². The second-order valence-corrected chi connectivity index (χ2v) is 9.48. The first-order chi connectivity index (χ1) is 13.9. The minimum Gasteiger partial charge on any atom is -0.340 e. The van der Waals surface area contributed by atoms with Crippen molar-refractivity contribution in [1.82, 2.24) is 10.0 Å². The Morgan fingerprint density at radius 3 is 2.28 bits per heavy atom. The lowest BCUT2D eigenvalue weighted by molar-refractivity contribution is 0.0943. The van der Waals surface area contributed by atoms with Gasteiger partial charge in [0.05, 0.1) is 10.9 Å². The molecule has 29 heavy (non-hydrogen) atoms. The zero-order chi connectivity index (χ0) is 20.9. The Hall–Kier alpha value is -2.48. The first-order valence-corrected chi connectivity index (χ1v) is 11.8. The minimum atomic E-state index is -3.60. The molecule has 3 aromatic rings. The molecule has 2 N–H and O–H groups in total. The first-order valence-electron chi connectivity index (χ1n) is 9.42. The number of nitrogens with one attached hydrogen (secondary N) is 2. The Kier molecular flexibility index (Phi) is 6.84. The van der Waals surface area contributed by atoms with Gasteiger partial charge < -0.3 is 5.32 Å². The highest BCUT2D eigenvalue weighted by Crippen LogP contribution is 2.26. The first kappa shape index (κ1) is 21.2. The van der Waals surface area contributed by atoms with Gasteiger partial charge >= 0.3 is 0 Å². The van der Waals surface area contributed by atoms with Gasteiger partial charge in [0.25, 0.3) is 5.91 Å². The van der Waals surface area contributed by atoms with Crippen LogP contribution in [0.3, 0.4) is 0 Å². The quantitative estimate of drug-likeness (QED) is 0.560. The van der Waals surface area contributed by atoms with E-state index in [0.717, 1.165) is 10.4 Å². The molecular weight excluding hydrogens is 404 g/mol. The second kappa shape index (κ2) is 9.35. The molecule has 2 aromatic carbocycles. The highest BCUT2D eigenvalue weighted by atomic mass is 32.2. The van der Waals surface area contributed by atoms with Crippen LogP contribution in [0.25, 0.3) is 0 Å². The number of carbonyl (C=O) groups excluding carboxylic acids is 1. The Morgan fingerprint density at radius 2 is 1.69 bits per heavy atom. The third-order valence-corrected chi connectivity index (χ3v) is 7.17. The fraction of sp³-hybridized carbons (Fsp3) is 0.227. The number of carbonyl (C=O) groups is 1. The van der Waals surface area contributed by atoms with Gasteiger partial charge in [-0.05, 0) is 54.6 Å². The molecular formula is C22H24N2O3S2. The van der Waals surface area contributed by atoms with Crippen molar-refractivity contribution in [2.75, 3.05) is 0 Å². The summed E-state index contributed by atoms with van der Waals surface area (Å²) in [6.45, 7) is 3.73. The van der Waals surface area contributed by atoms with E-state index in [9.17, 15) is 13.2 Å². The Balaban J connectivity index is 1.79. The van der Waals surface area contributed by atoms with Crippen molar-refractivity contribution in [2.24, 2.45) is 0 Å². The van der Waals surface area contributed by atoms with Gasteiger partial charge in [0.15, 0.2) is 0 Å². The van der Waals surface area contributed by atoms with Gasteiger partial charge in [0.1, 0.15) is 0 Å². The normalized spacial score (nSPS) is 13.6. The standard InChI is InChI=1S/C22H24N2O3S2/c1-3-16(2)24-29(26,27)19-13-11-18(12-14-19)22(25)23-21(20-10-7-15-28-20)17-8-5-4-6-9-17/h4-16,21,24H,3H2,1-2H3,(H,23,25). The molecule has 7 heteroatoms. The minimum absolute atomic E-state index is 0.146. The lowest BCUT2D eigenvalue weighted by Crippen LogP contribution is -2.32. The molecule has 0 aliphatic rings. The van der Waals surface area contributed by atoms with Crippen molar-refractivity contribution in [3.05, 3.63) is 88.1 Å². The summed E-state index contributed by atoms with van der Waals surface area (Å²) in [6.07, 6.45) is 0.698. The highest BCUT2D eigenvalue weighted by Gasteiger charge is 2.20. The van der Waals surface area contributed by atoms with Crippen molar-refractivity contribution < 1.29 is 13.2 Å². The Labute approximate surface area is 175 Å². The summed E-state index contributed by atoms with van der Waals surface area (Å²) in [7, 11) is -3.60. The van der Waals surface area contributed by atoms with Crippen LogP contribution in [0.1, 0.15) is 47.1 Å². The van der Waals surface area contributed by atoms with Crippen LogP contribution in [-0.2, 0) is 10.0 Å². The number of hydrogen-bond acceptors (Lipinski definition) is 4. The Morgan fingerprint density at radius 1 is 1.00 bits per heavy atom. The van der Waals surface area contributed by atoms with Crippen LogP contribution in [0.15, 0.2) is 77.0 Å². The van der Waals surface area contributed by atoms with E-state index in [2.05, 4.69) is 10.0 Å². The third-order valence-electron chi connectivity index (χ3n) is 4.63. The van der Waals surface area contributed by atoms with E-state index in [1.807, 2.05) is 61.7 Å². The monoisotopic (exact) mass is 428 g/mol. The van der Waals surface area contributed by atoms with Crippen LogP contribution in [0, 0.1) is 0 Å². The fourth-order valence-corrected chi connectivity index (χ4v) is 4.97. The van der Waals surface area contributed by atoms with Crippen LogP contribution >= 0.6 is 11.3 Å². The van der Waals surface area contributed by atoms with E-state index < -0.39 is 10.0 Å². The van der Waals surface area contributed by atoms with E-state index in [-0.39, 0.29) is 22.9 Å². The molecule has 1 aromatic heterocycles. The molecule has 5 nitrogen and oxygen atoms in total. The smallest absolute Gasteiger partial charge is 0.252 e. The van der Waals surface area contributed by atoms with E-state index in [4.69, 9.17) is 0 Å². The largest absolute Gasteiger partial charge is 0.340 e. The second-order valence-electron chi connectivity index (χ2n) is 6.79. The van der Waals surface area contributed by atoms with Crippen LogP contribution in [0.2, 0.25) is 0 Å². The lowest BCUT2D eigenvalue weighted by Gasteiger charge is -2.18. The van der Waals surface area contributed by atoms with Crippen molar-refractivity contribution in [3.63, 3.8) is 0 Å². The SMILES string of the molecule is CCC(C)NS(=O)(=O)c1ccc(C(=O)NC(c2ccccc2)c2cccs2)cc1. The molecule has 1 heterocycles. The summed E-state index contributed by atoms with van der Waals surface area (Å²) in [5, 5.41) is 5.03. The average Bonchev–Trinajstić information content (AvgIpc) is 3.26. The van der Waals surface area contributed by atoms with Gasteiger partial charge in [0.2, 0.25) is 10.0 Å². The predicted octanol–water partition coefficient (Wildman–Crippen LogP) is 4.34. The van der Waals surface area contributed by atoms with Crippen molar-refractivity contribution >= 4 is 27.3 Å². The molecule has 0 spiro atoms. The van der Waals surface area contributed by atoms with Gasteiger partial charge in [-0.15, -0.1) is 11.3 Å². The molecule has 1 amide bonds. The number of benzene rings is 2. The summed E-state index contributed by atoms with van der Waals surface area (Å²) in [5.41, 5.74) is 1.39. The number of rotatable bonds is 8. The molecule has 0 aliphatic carbocycles. The molecule has 152 valence electrons. The number of amides is 1. The molecule has 2 atom stereocenters. The summed E-state index contributed by atoms with van der Waals surface area (Å²) < 4.78 is 27.4. The van der Waals surface area contributed by atoms with Crippen molar-refractivity contribution in [3.8, 4) is 0 Å². The zero-order valence-electron chi connectivity index (χ0n) is 16.3. The summed E-state index contributed by atoms with van der Waals surface area (Å²) in [6, 6.07) is 19.3. The van der Waals surface area contributed by atoms with Gasteiger partial charge in [-0.2, -0.15) is 0 Å². The van der Waals surface area contributed by atoms with E-state index in [1.54, 1.807) is 11.3 Å². The topological polar surface area (TPSA) is 75.3 Å². The average molecular weight is 429 g/mol. The summed E-state index contributed by atoms with van der Waals surface area (Å²) in [5.74, 6) is -0.258. The molecule has 0 aliphatic heterocycles. The molecule has 0 fully saturated rings. The molecule has 3 rings (SSSR count). The number of hydrogen-bond donors (Lipinski definition) is 2. The zero-order valence-corrected chi connectivity index (χ0v) is 18.0. The van der Waals surface area contributed by atoms with Gasteiger partial charge in [-0.3, -0.25) is 4.79 Å². The van der Waals surface area contributed by atoms with Gasteiger partial charge in [-0.1, -0.05) is 43.3 Å².